The van der Waals surface area contributed by atoms with E-state index in [1.165, 1.54) is 17.3 Å². The van der Waals surface area contributed by atoms with E-state index >= 15 is 0 Å². The predicted molar refractivity (Wildman–Crippen MR) is 130 cm³/mol. The predicted octanol–water partition coefficient (Wildman–Crippen LogP) is 7.03. The molecule has 1 aliphatic carbocycles. The molecule has 1 aromatic carbocycles. The van der Waals surface area contributed by atoms with Crippen LogP contribution >= 0.6 is 0 Å². The lowest BCUT2D eigenvalue weighted by atomic mass is 9.89. The lowest BCUT2D eigenvalue weighted by Gasteiger charge is -2.30. The zero-order valence-corrected chi connectivity index (χ0v) is 18.5. The minimum absolute atomic E-state index is 0.218. The summed E-state index contributed by atoms with van der Waals surface area (Å²) in [5, 5.41) is 0. The Hall–Kier alpha value is -3.46. The van der Waals surface area contributed by atoms with Crippen molar-refractivity contribution in [3.05, 3.63) is 126 Å². The van der Waals surface area contributed by atoms with E-state index in [0.717, 1.165) is 40.9 Å². The molecule has 0 amide bonds. The van der Waals surface area contributed by atoms with Gasteiger partial charge in [0, 0.05) is 30.2 Å². The molecule has 0 aliphatic heterocycles. The van der Waals surface area contributed by atoms with Crippen LogP contribution in [0.5, 0.6) is 0 Å². The molecule has 1 heterocycles. The third kappa shape index (κ3) is 4.66. The van der Waals surface area contributed by atoms with E-state index in [4.69, 9.17) is 4.98 Å². The molecular weight excluding hydrogens is 383 g/mol. The quantitative estimate of drug-likeness (QED) is 0.454. The SMILES string of the molecule is C=C/C=C\C(=C/C)N(C)C1=C(/C=C(\C=C)c2cccc(F)c2C)c2ncccc2CC1. The van der Waals surface area contributed by atoms with Crippen molar-refractivity contribution in [2.75, 3.05) is 7.05 Å². The topological polar surface area (TPSA) is 16.1 Å². The van der Waals surface area contributed by atoms with Gasteiger partial charge in [-0.3, -0.25) is 4.98 Å². The molecule has 0 atom stereocenters. The van der Waals surface area contributed by atoms with Crippen molar-refractivity contribution in [1.82, 2.24) is 9.88 Å². The second-order valence-electron chi connectivity index (χ2n) is 7.46. The molecule has 0 unspecified atom stereocenters. The van der Waals surface area contributed by atoms with Gasteiger partial charge >= 0.3 is 0 Å². The summed E-state index contributed by atoms with van der Waals surface area (Å²) in [5.74, 6) is -0.218. The molecule has 0 saturated heterocycles. The Kier molecular flexibility index (Phi) is 7.19. The number of halogens is 1. The zero-order valence-electron chi connectivity index (χ0n) is 18.5. The lowest BCUT2D eigenvalue weighted by Crippen LogP contribution is -2.21. The van der Waals surface area contributed by atoms with Crippen molar-refractivity contribution in [1.29, 1.82) is 0 Å². The van der Waals surface area contributed by atoms with E-state index in [0.29, 0.717) is 5.56 Å². The van der Waals surface area contributed by atoms with Gasteiger partial charge in [-0.05, 0) is 73.2 Å². The number of benzene rings is 1. The summed E-state index contributed by atoms with van der Waals surface area (Å²) in [7, 11) is 2.07. The highest BCUT2D eigenvalue weighted by molar-refractivity contribution is 5.89. The molecule has 0 saturated carbocycles. The van der Waals surface area contributed by atoms with Gasteiger partial charge in [-0.1, -0.05) is 55.7 Å². The standard InChI is InChI=1S/C28H29FN2/c1-6-9-13-23(8-3)31(5)27-17-16-22-12-11-18-30-28(22)25(27)19-21(7-2)24-14-10-15-26(29)20(24)4/h6-15,18-19H,1-2,16-17H2,3-5H3/b13-9-,21-19+,23-8+. The van der Waals surface area contributed by atoms with Gasteiger partial charge in [0.25, 0.3) is 0 Å². The van der Waals surface area contributed by atoms with Gasteiger partial charge in [-0.15, -0.1) is 0 Å². The molecule has 3 rings (SSSR count). The van der Waals surface area contributed by atoms with Crippen LogP contribution in [0.2, 0.25) is 0 Å². The Morgan fingerprint density at radius 1 is 1.16 bits per heavy atom. The molecule has 0 spiro atoms. The fraction of sp³-hybridized carbons (Fsp3) is 0.179. The second-order valence-corrected chi connectivity index (χ2v) is 7.46. The third-order valence-electron chi connectivity index (χ3n) is 5.68. The molecule has 0 bridgehead atoms. The molecule has 3 heteroatoms. The maximum atomic E-state index is 14.3. The summed E-state index contributed by atoms with van der Waals surface area (Å²) in [6.07, 6.45) is 15.3. The number of rotatable bonds is 7. The molecule has 1 aliphatic rings. The number of pyridine rings is 1. The Morgan fingerprint density at radius 3 is 2.68 bits per heavy atom. The number of hydrogen-bond donors (Lipinski definition) is 0. The van der Waals surface area contributed by atoms with Crippen LogP contribution in [-0.2, 0) is 6.42 Å². The van der Waals surface area contributed by atoms with E-state index < -0.39 is 0 Å². The minimum Gasteiger partial charge on any atom is -0.348 e. The fourth-order valence-corrected chi connectivity index (χ4v) is 3.95. The maximum absolute atomic E-state index is 14.3. The van der Waals surface area contributed by atoms with Crippen LogP contribution in [0.25, 0.3) is 11.1 Å². The van der Waals surface area contributed by atoms with Gasteiger partial charge in [-0.2, -0.15) is 0 Å². The molecule has 2 aromatic rings. The molecule has 1 aromatic heterocycles. The van der Waals surface area contributed by atoms with Gasteiger partial charge in [0.15, 0.2) is 0 Å². The van der Waals surface area contributed by atoms with Crippen LogP contribution in [0.15, 0.2) is 97.5 Å². The molecule has 0 radical (unpaired) electrons. The number of likely N-dealkylation sites (N-methyl/N-ethyl adjacent to an activating group) is 1. The summed E-state index contributed by atoms with van der Waals surface area (Å²) in [5.41, 5.74) is 7.79. The Labute approximate surface area is 185 Å². The Balaban J connectivity index is 2.23. The number of aryl methyl sites for hydroxylation is 1. The molecule has 0 N–H and O–H groups in total. The summed E-state index contributed by atoms with van der Waals surface area (Å²) >= 11 is 0. The number of allylic oxidation sites excluding steroid dienone is 9. The highest BCUT2D eigenvalue weighted by Gasteiger charge is 2.23. The number of fused-ring (bicyclic) bond motifs is 1. The molecular formula is C28H29FN2. The van der Waals surface area contributed by atoms with E-state index in [-0.39, 0.29) is 5.82 Å². The first kappa shape index (κ1) is 22.2. The van der Waals surface area contributed by atoms with Crippen molar-refractivity contribution >= 4 is 11.1 Å². The average molecular weight is 413 g/mol. The summed E-state index contributed by atoms with van der Waals surface area (Å²) in [6, 6.07) is 9.26. The Bertz CT molecular complexity index is 1120. The minimum atomic E-state index is -0.218. The largest absolute Gasteiger partial charge is 0.348 e. The van der Waals surface area contributed by atoms with Gasteiger partial charge in [-0.25, -0.2) is 4.39 Å². The van der Waals surface area contributed by atoms with Crippen LogP contribution in [0.4, 0.5) is 4.39 Å². The first-order chi connectivity index (χ1) is 15.0. The highest BCUT2D eigenvalue weighted by Crippen LogP contribution is 2.36. The van der Waals surface area contributed by atoms with Gasteiger partial charge < -0.3 is 4.90 Å². The molecule has 158 valence electrons. The van der Waals surface area contributed by atoms with Crippen molar-refractivity contribution in [3.8, 4) is 0 Å². The third-order valence-corrected chi connectivity index (χ3v) is 5.68. The Morgan fingerprint density at radius 2 is 1.97 bits per heavy atom. The van der Waals surface area contributed by atoms with Crippen LogP contribution in [-0.4, -0.2) is 16.9 Å². The van der Waals surface area contributed by atoms with Crippen molar-refractivity contribution < 1.29 is 4.39 Å². The van der Waals surface area contributed by atoms with E-state index in [9.17, 15) is 4.39 Å². The lowest BCUT2D eigenvalue weighted by molar-refractivity contribution is 0.506. The first-order valence-electron chi connectivity index (χ1n) is 10.5. The van der Waals surface area contributed by atoms with Gasteiger partial charge in [0.2, 0.25) is 0 Å². The van der Waals surface area contributed by atoms with E-state index in [1.54, 1.807) is 25.1 Å². The van der Waals surface area contributed by atoms with E-state index in [2.05, 4.69) is 43.3 Å². The highest BCUT2D eigenvalue weighted by atomic mass is 19.1. The molecule has 0 fully saturated rings. The number of aromatic nitrogens is 1. The van der Waals surface area contributed by atoms with Crippen molar-refractivity contribution in [3.63, 3.8) is 0 Å². The summed E-state index contributed by atoms with van der Waals surface area (Å²) in [4.78, 5) is 6.91. The smallest absolute Gasteiger partial charge is 0.126 e. The second kappa shape index (κ2) is 10.0. The van der Waals surface area contributed by atoms with Gasteiger partial charge in [0.05, 0.1) is 5.69 Å². The number of hydrogen-bond acceptors (Lipinski definition) is 2. The monoisotopic (exact) mass is 412 g/mol. The van der Waals surface area contributed by atoms with E-state index in [1.807, 2.05) is 37.4 Å². The van der Waals surface area contributed by atoms with Crippen LogP contribution in [0.3, 0.4) is 0 Å². The maximum Gasteiger partial charge on any atom is 0.126 e. The van der Waals surface area contributed by atoms with Crippen molar-refractivity contribution in [2.24, 2.45) is 0 Å². The number of nitrogens with zero attached hydrogens (tertiary/aromatic N) is 2. The average Bonchev–Trinajstić information content (AvgIpc) is 2.79. The molecule has 31 heavy (non-hydrogen) atoms. The fourth-order valence-electron chi connectivity index (χ4n) is 3.95. The normalized spacial score (nSPS) is 14.6. The van der Waals surface area contributed by atoms with Gasteiger partial charge in [0.1, 0.15) is 5.82 Å². The van der Waals surface area contributed by atoms with Crippen LogP contribution in [0, 0.1) is 12.7 Å². The van der Waals surface area contributed by atoms with Crippen molar-refractivity contribution in [2.45, 2.75) is 26.7 Å². The zero-order chi connectivity index (χ0) is 22.4. The van der Waals surface area contributed by atoms with Crippen LogP contribution < -0.4 is 0 Å². The molecule has 2 nitrogen and oxygen atoms in total. The first-order valence-corrected chi connectivity index (χ1v) is 10.5. The summed E-state index contributed by atoms with van der Waals surface area (Å²) < 4.78 is 14.3. The van der Waals surface area contributed by atoms with Crippen LogP contribution in [0.1, 0.15) is 35.7 Å². The summed E-state index contributed by atoms with van der Waals surface area (Å²) in [6.45, 7) is 11.6.